The van der Waals surface area contributed by atoms with Gasteiger partial charge in [-0.3, -0.25) is 14.8 Å². The van der Waals surface area contributed by atoms with Gasteiger partial charge in [0.05, 0.1) is 17.3 Å². The van der Waals surface area contributed by atoms with Crippen LogP contribution in [0.5, 0.6) is 0 Å². The second-order valence-corrected chi connectivity index (χ2v) is 4.72. The summed E-state index contributed by atoms with van der Waals surface area (Å²) in [5.41, 5.74) is 1.55. The summed E-state index contributed by atoms with van der Waals surface area (Å²) in [5.74, 6) is -1.00. The molecule has 4 heteroatoms. The molecule has 0 saturated heterocycles. The van der Waals surface area contributed by atoms with Crippen LogP contribution in [0.15, 0.2) is 12.4 Å². The molecule has 0 amide bonds. The molecule has 1 heterocycles. The third-order valence-electron chi connectivity index (χ3n) is 3.53. The number of carboxylic acids is 1. The number of aromatic nitrogens is 2. The Morgan fingerprint density at radius 3 is 2.59 bits per heavy atom. The molecule has 1 aromatic heterocycles. The predicted molar refractivity (Wildman–Crippen MR) is 63.9 cm³/mol. The Labute approximate surface area is 101 Å². The molecule has 0 bridgehead atoms. The molecule has 0 radical (unpaired) electrons. The van der Waals surface area contributed by atoms with E-state index in [0.29, 0.717) is 11.6 Å². The summed E-state index contributed by atoms with van der Waals surface area (Å²) in [4.78, 5) is 19.7. The van der Waals surface area contributed by atoms with Crippen LogP contribution in [-0.2, 0) is 4.79 Å². The van der Waals surface area contributed by atoms with Gasteiger partial charge in [-0.25, -0.2) is 0 Å². The fraction of sp³-hybridized carbons (Fsp3) is 0.615. The van der Waals surface area contributed by atoms with E-state index in [0.717, 1.165) is 18.5 Å². The number of hydrogen-bond donors (Lipinski definition) is 1. The first-order valence-electron chi connectivity index (χ1n) is 6.23. The number of hydrogen-bond acceptors (Lipinski definition) is 3. The lowest BCUT2D eigenvalue weighted by atomic mass is 9.84. The quantitative estimate of drug-likeness (QED) is 0.873. The van der Waals surface area contributed by atoms with E-state index in [1.165, 1.54) is 19.3 Å². The highest BCUT2D eigenvalue weighted by Crippen LogP contribution is 2.34. The van der Waals surface area contributed by atoms with Gasteiger partial charge in [-0.2, -0.15) is 0 Å². The highest BCUT2D eigenvalue weighted by Gasteiger charge is 2.25. The maximum atomic E-state index is 11.1. The highest BCUT2D eigenvalue weighted by atomic mass is 16.4. The van der Waals surface area contributed by atoms with Gasteiger partial charge in [0.1, 0.15) is 0 Å². The lowest BCUT2D eigenvalue weighted by Gasteiger charge is -2.23. The number of rotatable bonds is 3. The van der Waals surface area contributed by atoms with Gasteiger partial charge in [-0.1, -0.05) is 19.3 Å². The summed E-state index contributed by atoms with van der Waals surface area (Å²) in [5, 5.41) is 9.09. The molecule has 4 nitrogen and oxygen atoms in total. The average molecular weight is 234 g/mol. The maximum Gasteiger partial charge on any atom is 0.312 e. The van der Waals surface area contributed by atoms with Crippen LogP contribution < -0.4 is 0 Å². The Morgan fingerprint density at radius 1 is 1.29 bits per heavy atom. The van der Waals surface area contributed by atoms with Crippen molar-refractivity contribution < 1.29 is 9.90 Å². The van der Waals surface area contributed by atoms with Crippen LogP contribution >= 0.6 is 0 Å². The van der Waals surface area contributed by atoms with Gasteiger partial charge in [0.15, 0.2) is 0 Å². The number of carboxylic acid groups (broad SMARTS) is 1. The number of nitrogens with zero attached hydrogens (tertiary/aromatic N) is 2. The molecule has 1 aromatic rings. The molecule has 1 unspecified atom stereocenters. The molecule has 1 aliphatic carbocycles. The van der Waals surface area contributed by atoms with Crippen molar-refractivity contribution in [3.8, 4) is 0 Å². The highest BCUT2D eigenvalue weighted by molar-refractivity contribution is 5.75. The minimum Gasteiger partial charge on any atom is -0.481 e. The van der Waals surface area contributed by atoms with Crippen LogP contribution in [0.2, 0.25) is 0 Å². The van der Waals surface area contributed by atoms with E-state index in [9.17, 15) is 4.79 Å². The largest absolute Gasteiger partial charge is 0.481 e. The van der Waals surface area contributed by atoms with Gasteiger partial charge in [-0.15, -0.1) is 0 Å². The first-order valence-corrected chi connectivity index (χ1v) is 6.23. The molecular formula is C13H18N2O2. The Morgan fingerprint density at radius 2 is 1.94 bits per heavy atom. The standard InChI is InChI=1S/C13H18N2O2/c1-9(13(16)17)11-12(15-8-7-14-11)10-5-3-2-4-6-10/h7-10H,2-6H2,1H3,(H,16,17). The van der Waals surface area contributed by atoms with Crippen molar-refractivity contribution in [1.29, 1.82) is 0 Å². The molecule has 0 aromatic carbocycles. The summed E-state index contributed by atoms with van der Waals surface area (Å²) in [6.07, 6.45) is 9.17. The lowest BCUT2D eigenvalue weighted by molar-refractivity contribution is -0.138. The van der Waals surface area contributed by atoms with Gasteiger partial charge >= 0.3 is 5.97 Å². The summed E-state index contributed by atoms with van der Waals surface area (Å²) in [6, 6.07) is 0. The zero-order chi connectivity index (χ0) is 12.3. The second-order valence-electron chi connectivity index (χ2n) is 4.72. The van der Waals surface area contributed by atoms with Gasteiger partial charge in [0.25, 0.3) is 0 Å². The summed E-state index contributed by atoms with van der Waals surface area (Å²) >= 11 is 0. The van der Waals surface area contributed by atoms with Crippen molar-refractivity contribution in [2.45, 2.75) is 50.9 Å². The van der Waals surface area contributed by atoms with E-state index in [-0.39, 0.29) is 0 Å². The van der Waals surface area contributed by atoms with Crippen molar-refractivity contribution in [1.82, 2.24) is 9.97 Å². The maximum absolute atomic E-state index is 11.1. The van der Waals surface area contributed by atoms with E-state index < -0.39 is 11.9 Å². The van der Waals surface area contributed by atoms with Gasteiger partial charge < -0.3 is 5.11 Å². The van der Waals surface area contributed by atoms with Crippen LogP contribution in [0, 0.1) is 0 Å². The number of aliphatic carboxylic acids is 1. The Kier molecular flexibility index (Phi) is 3.71. The van der Waals surface area contributed by atoms with Gasteiger partial charge in [0, 0.05) is 18.3 Å². The van der Waals surface area contributed by atoms with E-state index >= 15 is 0 Å². The van der Waals surface area contributed by atoms with Crippen LogP contribution in [0.25, 0.3) is 0 Å². The Bertz CT molecular complexity index is 400. The minimum absolute atomic E-state index is 0.397. The van der Waals surface area contributed by atoms with Crippen molar-refractivity contribution in [3.63, 3.8) is 0 Å². The van der Waals surface area contributed by atoms with E-state index in [1.807, 2.05) is 0 Å². The van der Waals surface area contributed by atoms with E-state index in [2.05, 4.69) is 9.97 Å². The fourth-order valence-electron chi connectivity index (χ4n) is 2.50. The van der Waals surface area contributed by atoms with Crippen LogP contribution in [0.3, 0.4) is 0 Å². The molecule has 1 aliphatic rings. The molecule has 0 aliphatic heterocycles. The fourth-order valence-corrected chi connectivity index (χ4v) is 2.50. The first kappa shape index (κ1) is 12.0. The molecule has 17 heavy (non-hydrogen) atoms. The molecular weight excluding hydrogens is 216 g/mol. The topological polar surface area (TPSA) is 63.1 Å². The zero-order valence-electron chi connectivity index (χ0n) is 10.1. The Hall–Kier alpha value is -1.45. The zero-order valence-corrected chi connectivity index (χ0v) is 10.1. The van der Waals surface area contributed by atoms with E-state index in [4.69, 9.17) is 5.11 Å². The summed E-state index contributed by atoms with van der Waals surface area (Å²) in [6.45, 7) is 1.68. The van der Waals surface area contributed by atoms with Crippen molar-refractivity contribution in [3.05, 3.63) is 23.8 Å². The molecule has 1 N–H and O–H groups in total. The average Bonchev–Trinajstić information content (AvgIpc) is 2.39. The monoisotopic (exact) mass is 234 g/mol. The summed E-state index contributed by atoms with van der Waals surface area (Å²) in [7, 11) is 0. The third-order valence-corrected chi connectivity index (χ3v) is 3.53. The molecule has 1 atom stereocenters. The van der Waals surface area contributed by atoms with Crippen LogP contribution in [-0.4, -0.2) is 21.0 Å². The lowest BCUT2D eigenvalue weighted by Crippen LogP contribution is -2.16. The normalized spacial score (nSPS) is 18.9. The number of carbonyl (C=O) groups is 1. The van der Waals surface area contributed by atoms with E-state index in [1.54, 1.807) is 19.3 Å². The van der Waals surface area contributed by atoms with Crippen molar-refractivity contribution in [2.75, 3.05) is 0 Å². The van der Waals surface area contributed by atoms with Crippen molar-refractivity contribution in [2.24, 2.45) is 0 Å². The first-order chi connectivity index (χ1) is 8.20. The Balaban J connectivity index is 2.29. The van der Waals surface area contributed by atoms with Crippen LogP contribution in [0.4, 0.5) is 0 Å². The smallest absolute Gasteiger partial charge is 0.312 e. The molecule has 0 spiro atoms. The van der Waals surface area contributed by atoms with Crippen LogP contribution in [0.1, 0.15) is 62.3 Å². The third kappa shape index (κ3) is 2.62. The second kappa shape index (κ2) is 5.25. The molecule has 2 rings (SSSR count). The van der Waals surface area contributed by atoms with Gasteiger partial charge in [-0.05, 0) is 19.8 Å². The predicted octanol–water partition coefficient (Wildman–Crippen LogP) is 2.71. The van der Waals surface area contributed by atoms with Crippen molar-refractivity contribution >= 4 is 5.97 Å². The SMILES string of the molecule is CC(C(=O)O)c1nccnc1C1CCCCC1. The summed E-state index contributed by atoms with van der Waals surface area (Å²) < 4.78 is 0. The molecule has 1 saturated carbocycles. The molecule has 92 valence electrons. The molecule has 1 fully saturated rings. The van der Waals surface area contributed by atoms with Gasteiger partial charge in [0.2, 0.25) is 0 Å². The minimum atomic E-state index is -0.831.